The summed E-state index contributed by atoms with van der Waals surface area (Å²) >= 11 is 0. The average molecular weight is 368 g/mol. The van der Waals surface area contributed by atoms with Gasteiger partial charge in [0.25, 0.3) is 5.78 Å². The first-order valence-corrected chi connectivity index (χ1v) is 7.47. The van der Waals surface area contributed by atoms with Crippen molar-refractivity contribution in [2.45, 2.75) is 6.18 Å². The molecule has 0 atom stereocenters. The Bertz CT molecular complexity index is 752. The van der Waals surface area contributed by atoms with E-state index in [0.29, 0.717) is 11.5 Å². The summed E-state index contributed by atoms with van der Waals surface area (Å²) in [7, 11) is 1.12. The first-order chi connectivity index (χ1) is 12.3. The molecular formula is C18H15F3O5. The van der Waals surface area contributed by atoms with Crippen LogP contribution in [0.5, 0.6) is 11.5 Å². The first kappa shape index (κ1) is 19.3. The predicted molar refractivity (Wildman–Crippen MR) is 85.2 cm³/mol. The van der Waals surface area contributed by atoms with E-state index < -0.39 is 23.5 Å². The number of hydrogen-bond acceptors (Lipinski definition) is 5. The lowest BCUT2D eigenvalue weighted by Crippen LogP contribution is -2.15. The van der Waals surface area contributed by atoms with Gasteiger partial charge in [-0.15, -0.1) is 0 Å². The largest absolute Gasteiger partial charge is 0.490 e. The van der Waals surface area contributed by atoms with Crippen LogP contribution in [0.1, 0.15) is 15.9 Å². The Labute approximate surface area is 147 Å². The molecule has 2 rings (SSSR count). The van der Waals surface area contributed by atoms with Gasteiger partial charge in [0.05, 0.1) is 12.7 Å². The Kier molecular flexibility index (Phi) is 6.21. The summed E-state index contributed by atoms with van der Waals surface area (Å²) < 4.78 is 52.4. The van der Waals surface area contributed by atoms with Crippen molar-refractivity contribution in [3.8, 4) is 11.5 Å². The lowest BCUT2D eigenvalue weighted by Gasteiger charge is -2.10. The van der Waals surface area contributed by atoms with Crippen LogP contribution in [0.2, 0.25) is 0 Å². The van der Waals surface area contributed by atoms with E-state index >= 15 is 0 Å². The van der Waals surface area contributed by atoms with Gasteiger partial charge in [0.2, 0.25) is 0 Å². The minimum Gasteiger partial charge on any atom is -0.490 e. The molecule has 0 unspecified atom stereocenters. The van der Waals surface area contributed by atoms with Crippen LogP contribution < -0.4 is 9.47 Å². The Balaban J connectivity index is 1.79. The molecule has 0 aliphatic carbocycles. The molecular weight excluding hydrogens is 353 g/mol. The molecule has 8 heteroatoms. The number of ether oxygens (including phenoxy) is 3. The second kappa shape index (κ2) is 8.37. The van der Waals surface area contributed by atoms with Crippen molar-refractivity contribution in [3.63, 3.8) is 0 Å². The van der Waals surface area contributed by atoms with Crippen LogP contribution in [0, 0.1) is 0 Å². The predicted octanol–water partition coefficient (Wildman–Crippen LogP) is 3.52. The summed E-state index contributed by atoms with van der Waals surface area (Å²) in [5.41, 5.74) is -0.576. The Morgan fingerprint density at radius 2 is 1.31 bits per heavy atom. The zero-order valence-corrected chi connectivity index (χ0v) is 13.7. The highest BCUT2D eigenvalue weighted by atomic mass is 19.4. The number of alkyl halides is 3. The third-order valence-corrected chi connectivity index (χ3v) is 3.29. The summed E-state index contributed by atoms with van der Waals surface area (Å²) in [5, 5.41) is 0. The fourth-order valence-corrected chi connectivity index (χ4v) is 1.97. The number of esters is 1. The van der Waals surface area contributed by atoms with Crippen molar-refractivity contribution in [3.05, 3.63) is 59.7 Å². The van der Waals surface area contributed by atoms with Gasteiger partial charge in [-0.05, 0) is 48.5 Å². The molecule has 0 aliphatic rings. The molecule has 0 fully saturated rings. The number of hydrogen-bond donors (Lipinski definition) is 0. The van der Waals surface area contributed by atoms with Crippen molar-refractivity contribution in [2.24, 2.45) is 0 Å². The standard InChI is InChI=1S/C18H15F3O5/c1-24-17(23)16(22)12-2-6-14(7-3-12)25-10-11-26-15-8-4-13(5-9-15)18(19,20)21/h2-9H,10-11H2,1H3. The minimum atomic E-state index is -4.39. The normalized spacial score (nSPS) is 10.9. The minimum absolute atomic E-state index is 0.119. The van der Waals surface area contributed by atoms with Crippen LogP contribution in [0.4, 0.5) is 13.2 Å². The number of ketones is 1. The molecule has 0 spiro atoms. The quantitative estimate of drug-likeness (QED) is 0.324. The highest BCUT2D eigenvalue weighted by Gasteiger charge is 2.30. The molecule has 0 N–H and O–H groups in total. The van der Waals surface area contributed by atoms with E-state index in [2.05, 4.69) is 4.74 Å². The van der Waals surface area contributed by atoms with Gasteiger partial charge in [0.15, 0.2) is 0 Å². The molecule has 138 valence electrons. The Morgan fingerprint density at radius 1 is 0.846 bits per heavy atom. The fraction of sp³-hybridized carbons (Fsp3) is 0.222. The molecule has 0 radical (unpaired) electrons. The van der Waals surface area contributed by atoms with Gasteiger partial charge >= 0.3 is 12.1 Å². The molecule has 0 heterocycles. The average Bonchev–Trinajstić information content (AvgIpc) is 2.64. The SMILES string of the molecule is COC(=O)C(=O)c1ccc(OCCOc2ccc(C(F)(F)F)cc2)cc1. The fourth-order valence-electron chi connectivity index (χ4n) is 1.97. The molecule has 0 saturated carbocycles. The van der Waals surface area contributed by atoms with Gasteiger partial charge in [-0.2, -0.15) is 13.2 Å². The number of benzene rings is 2. The molecule has 2 aromatic carbocycles. The maximum absolute atomic E-state index is 12.4. The summed E-state index contributed by atoms with van der Waals surface area (Å²) in [6.07, 6.45) is -4.39. The van der Waals surface area contributed by atoms with E-state index in [1.54, 1.807) is 0 Å². The second-order valence-corrected chi connectivity index (χ2v) is 5.06. The molecule has 0 aliphatic heterocycles. The second-order valence-electron chi connectivity index (χ2n) is 5.06. The lowest BCUT2D eigenvalue weighted by atomic mass is 10.1. The van der Waals surface area contributed by atoms with E-state index in [-0.39, 0.29) is 18.8 Å². The maximum atomic E-state index is 12.4. The van der Waals surface area contributed by atoms with Gasteiger partial charge in [-0.3, -0.25) is 4.79 Å². The van der Waals surface area contributed by atoms with Crippen LogP contribution in [-0.4, -0.2) is 32.1 Å². The van der Waals surface area contributed by atoms with Crippen molar-refractivity contribution in [1.82, 2.24) is 0 Å². The monoisotopic (exact) mass is 368 g/mol. The third kappa shape index (κ3) is 5.23. The summed E-state index contributed by atoms with van der Waals surface area (Å²) in [6.45, 7) is 0.263. The van der Waals surface area contributed by atoms with Crippen molar-refractivity contribution < 1.29 is 37.0 Å². The summed E-state index contributed by atoms with van der Waals surface area (Å²) in [4.78, 5) is 22.7. The van der Waals surface area contributed by atoms with Crippen LogP contribution in [-0.2, 0) is 15.7 Å². The number of carbonyl (C=O) groups excluding carboxylic acids is 2. The maximum Gasteiger partial charge on any atom is 0.416 e. The van der Waals surface area contributed by atoms with Gasteiger partial charge in [0, 0.05) is 5.56 Å². The number of Topliss-reactive ketones (excluding diaryl/α,β-unsaturated/α-hetero) is 1. The van der Waals surface area contributed by atoms with Crippen molar-refractivity contribution in [1.29, 1.82) is 0 Å². The Hall–Kier alpha value is -3.03. The lowest BCUT2D eigenvalue weighted by molar-refractivity contribution is -0.137. The third-order valence-electron chi connectivity index (χ3n) is 3.29. The molecule has 0 aromatic heterocycles. The van der Waals surface area contributed by atoms with E-state index in [9.17, 15) is 22.8 Å². The van der Waals surface area contributed by atoms with E-state index in [0.717, 1.165) is 19.2 Å². The van der Waals surface area contributed by atoms with Crippen molar-refractivity contribution in [2.75, 3.05) is 20.3 Å². The zero-order valence-electron chi connectivity index (χ0n) is 13.7. The van der Waals surface area contributed by atoms with E-state index in [4.69, 9.17) is 9.47 Å². The highest BCUT2D eigenvalue weighted by molar-refractivity contribution is 6.40. The summed E-state index contributed by atoms with van der Waals surface area (Å²) in [5.74, 6) is -0.976. The van der Waals surface area contributed by atoms with Crippen molar-refractivity contribution >= 4 is 11.8 Å². The zero-order chi connectivity index (χ0) is 19.2. The van der Waals surface area contributed by atoms with Gasteiger partial charge < -0.3 is 14.2 Å². The molecule has 0 amide bonds. The molecule has 26 heavy (non-hydrogen) atoms. The molecule has 5 nitrogen and oxygen atoms in total. The van der Waals surface area contributed by atoms with Gasteiger partial charge in [-0.25, -0.2) is 4.79 Å². The van der Waals surface area contributed by atoms with Crippen LogP contribution in [0.15, 0.2) is 48.5 Å². The van der Waals surface area contributed by atoms with E-state index in [1.807, 2.05) is 0 Å². The van der Waals surface area contributed by atoms with Gasteiger partial charge in [-0.1, -0.05) is 0 Å². The highest BCUT2D eigenvalue weighted by Crippen LogP contribution is 2.30. The first-order valence-electron chi connectivity index (χ1n) is 7.47. The van der Waals surface area contributed by atoms with Crippen LogP contribution in [0.25, 0.3) is 0 Å². The summed E-state index contributed by atoms with van der Waals surface area (Å²) in [6, 6.07) is 10.2. The smallest absolute Gasteiger partial charge is 0.416 e. The van der Waals surface area contributed by atoms with Gasteiger partial charge in [0.1, 0.15) is 24.7 Å². The van der Waals surface area contributed by atoms with Crippen LogP contribution >= 0.6 is 0 Å². The number of methoxy groups -OCH3 is 1. The van der Waals surface area contributed by atoms with E-state index in [1.165, 1.54) is 36.4 Å². The topological polar surface area (TPSA) is 61.8 Å². The Morgan fingerprint density at radius 3 is 1.73 bits per heavy atom. The number of carbonyl (C=O) groups is 2. The molecule has 0 saturated heterocycles. The number of rotatable bonds is 7. The van der Waals surface area contributed by atoms with Crippen LogP contribution in [0.3, 0.4) is 0 Å². The molecule has 0 bridgehead atoms. The molecule has 2 aromatic rings. The number of halogens is 3.